The van der Waals surface area contributed by atoms with Crippen LogP contribution >= 0.6 is 11.6 Å². The molecule has 1 saturated heterocycles. The Morgan fingerprint density at radius 3 is 2.59 bits per heavy atom. The van der Waals surface area contributed by atoms with E-state index in [9.17, 15) is 0 Å². The highest BCUT2D eigenvalue weighted by molar-refractivity contribution is 6.30. The third-order valence-corrected chi connectivity index (χ3v) is 4.10. The molecule has 0 atom stereocenters. The molecule has 0 aliphatic carbocycles. The van der Waals surface area contributed by atoms with Gasteiger partial charge < -0.3 is 9.64 Å². The van der Waals surface area contributed by atoms with Crippen molar-refractivity contribution < 1.29 is 4.74 Å². The summed E-state index contributed by atoms with van der Waals surface area (Å²) in [5.74, 6) is 0.982. The number of nitrogens with zero attached hydrogens (tertiary/aromatic N) is 4. The number of fused-ring (bicyclic) bond motifs is 1. The van der Waals surface area contributed by atoms with Crippen LogP contribution in [0, 0.1) is 0 Å². The van der Waals surface area contributed by atoms with Crippen LogP contribution in [0.4, 0.5) is 5.82 Å². The molecule has 0 spiro atoms. The van der Waals surface area contributed by atoms with Crippen molar-refractivity contribution in [3.63, 3.8) is 0 Å². The zero-order valence-electron chi connectivity index (χ0n) is 11.9. The molecule has 5 nitrogen and oxygen atoms in total. The maximum Gasteiger partial charge on any atom is 0.159 e. The van der Waals surface area contributed by atoms with Crippen LogP contribution in [-0.4, -0.2) is 41.1 Å². The number of hydrogen-bond acceptors (Lipinski definition) is 4. The van der Waals surface area contributed by atoms with Crippen molar-refractivity contribution in [2.75, 3.05) is 31.2 Å². The Morgan fingerprint density at radius 2 is 1.82 bits per heavy atom. The summed E-state index contributed by atoms with van der Waals surface area (Å²) in [6.07, 6.45) is 3.65. The second kappa shape index (κ2) is 5.59. The third-order valence-electron chi connectivity index (χ3n) is 3.85. The van der Waals surface area contributed by atoms with Gasteiger partial charge >= 0.3 is 0 Å². The smallest absolute Gasteiger partial charge is 0.159 e. The van der Waals surface area contributed by atoms with Gasteiger partial charge in [-0.2, -0.15) is 0 Å². The number of halogens is 1. The van der Waals surface area contributed by atoms with E-state index in [1.807, 2.05) is 41.2 Å². The van der Waals surface area contributed by atoms with Crippen LogP contribution in [0.2, 0.25) is 5.02 Å². The number of benzene rings is 1. The fraction of sp³-hybridized carbons (Fsp3) is 0.250. The number of aromatic nitrogens is 3. The highest BCUT2D eigenvalue weighted by Gasteiger charge is 2.19. The zero-order valence-corrected chi connectivity index (χ0v) is 12.7. The summed E-state index contributed by atoms with van der Waals surface area (Å²) in [5, 5.41) is 6.63. The number of hydrogen-bond donors (Lipinski definition) is 0. The van der Waals surface area contributed by atoms with E-state index in [0.29, 0.717) is 5.02 Å². The van der Waals surface area contributed by atoms with Gasteiger partial charge in [-0.05, 0) is 30.3 Å². The molecule has 3 aromatic rings. The molecule has 0 amide bonds. The van der Waals surface area contributed by atoms with Crippen molar-refractivity contribution in [2.24, 2.45) is 0 Å². The summed E-state index contributed by atoms with van der Waals surface area (Å²) in [6, 6.07) is 9.68. The topological polar surface area (TPSA) is 43.2 Å². The summed E-state index contributed by atoms with van der Waals surface area (Å²) in [4.78, 5) is 6.51. The maximum absolute atomic E-state index is 5.98. The third kappa shape index (κ3) is 2.32. The molecule has 2 aromatic heterocycles. The number of pyridine rings is 1. The zero-order chi connectivity index (χ0) is 14.9. The molecule has 3 heterocycles. The van der Waals surface area contributed by atoms with Gasteiger partial charge in [0.05, 0.1) is 30.6 Å². The maximum atomic E-state index is 5.98. The van der Waals surface area contributed by atoms with Gasteiger partial charge in [-0.1, -0.05) is 11.6 Å². The Hall–Kier alpha value is -2.11. The normalized spacial score (nSPS) is 15.4. The Morgan fingerprint density at radius 1 is 1.05 bits per heavy atom. The van der Waals surface area contributed by atoms with E-state index < -0.39 is 0 Å². The second-order valence-electron chi connectivity index (χ2n) is 5.20. The number of ether oxygens (including phenoxy) is 1. The lowest BCUT2D eigenvalue weighted by Crippen LogP contribution is -2.36. The van der Waals surface area contributed by atoms with Crippen LogP contribution in [0.15, 0.2) is 42.7 Å². The van der Waals surface area contributed by atoms with Crippen LogP contribution < -0.4 is 4.90 Å². The van der Waals surface area contributed by atoms with Crippen LogP contribution in [-0.2, 0) is 4.74 Å². The van der Waals surface area contributed by atoms with E-state index in [1.54, 1.807) is 6.20 Å². The molecule has 6 heteroatoms. The molecule has 1 fully saturated rings. The lowest BCUT2D eigenvalue weighted by atomic mass is 10.2. The van der Waals surface area contributed by atoms with Crippen molar-refractivity contribution in [1.29, 1.82) is 0 Å². The summed E-state index contributed by atoms with van der Waals surface area (Å²) < 4.78 is 7.35. The molecule has 22 heavy (non-hydrogen) atoms. The molecule has 0 saturated carbocycles. The summed E-state index contributed by atoms with van der Waals surface area (Å²) in [5.41, 5.74) is 1.97. The monoisotopic (exact) mass is 314 g/mol. The fourth-order valence-electron chi connectivity index (χ4n) is 2.73. The first-order valence-electron chi connectivity index (χ1n) is 7.24. The molecule has 1 aliphatic heterocycles. The molecule has 0 bridgehead atoms. The van der Waals surface area contributed by atoms with E-state index >= 15 is 0 Å². The van der Waals surface area contributed by atoms with Gasteiger partial charge in [0.25, 0.3) is 0 Å². The van der Waals surface area contributed by atoms with Crippen molar-refractivity contribution in [1.82, 2.24) is 14.8 Å². The van der Waals surface area contributed by atoms with Gasteiger partial charge in [-0.25, -0.2) is 4.68 Å². The number of rotatable bonds is 2. The summed E-state index contributed by atoms with van der Waals surface area (Å²) in [7, 11) is 0. The molecule has 0 radical (unpaired) electrons. The highest BCUT2D eigenvalue weighted by Crippen LogP contribution is 2.28. The minimum absolute atomic E-state index is 0.715. The van der Waals surface area contributed by atoms with Crippen molar-refractivity contribution >= 4 is 28.3 Å². The molecule has 4 rings (SSSR count). The summed E-state index contributed by atoms with van der Waals surface area (Å²) >= 11 is 5.98. The first-order chi connectivity index (χ1) is 10.8. The van der Waals surface area contributed by atoms with Gasteiger partial charge in [-0.15, -0.1) is 5.10 Å². The quantitative estimate of drug-likeness (QED) is 0.729. The second-order valence-corrected chi connectivity index (χ2v) is 5.64. The van der Waals surface area contributed by atoms with Crippen molar-refractivity contribution in [3.8, 4) is 5.69 Å². The number of anilines is 1. The SMILES string of the molecule is Clc1ccc(-n2nc(N3CCOCC3)c3ccncc32)cc1. The van der Waals surface area contributed by atoms with E-state index in [4.69, 9.17) is 21.4 Å². The average Bonchev–Trinajstić information content (AvgIpc) is 2.96. The van der Waals surface area contributed by atoms with Crippen LogP contribution in [0.25, 0.3) is 16.6 Å². The van der Waals surface area contributed by atoms with E-state index in [2.05, 4.69) is 9.88 Å². The minimum Gasteiger partial charge on any atom is -0.378 e. The largest absolute Gasteiger partial charge is 0.378 e. The van der Waals surface area contributed by atoms with Gasteiger partial charge in [0, 0.05) is 29.7 Å². The first-order valence-corrected chi connectivity index (χ1v) is 7.62. The molecule has 1 aromatic carbocycles. The van der Waals surface area contributed by atoms with Crippen molar-refractivity contribution in [2.45, 2.75) is 0 Å². The molecule has 0 unspecified atom stereocenters. The van der Waals surface area contributed by atoms with Gasteiger partial charge in [0.15, 0.2) is 5.82 Å². The first kappa shape index (κ1) is 13.5. The fourth-order valence-corrected chi connectivity index (χ4v) is 2.86. The standard InChI is InChI=1S/C16H15ClN4O/c17-12-1-3-13(4-2-12)21-15-11-18-6-5-14(15)16(19-21)20-7-9-22-10-8-20/h1-6,11H,7-10H2. The van der Waals surface area contributed by atoms with E-state index in [0.717, 1.165) is 48.7 Å². The van der Waals surface area contributed by atoms with Crippen LogP contribution in [0.5, 0.6) is 0 Å². The van der Waals surface area contributed by atoms with Gasteiger partial charge in [0.1, 0.15) is 0 Å². The lowest BCUT2D eigenvalue weighted by Gasteiger charge is -2.26. The number of morpholine rings is 1. The average molecular weight is 315 g/mol. The molecule has 0 N–H and O–H groups in total. The molecular weight excluding hydrogens is 300 g/mol. The van der Waals surface area contributed by atoms with Crippen molar-refractivity contribution in [3.05, 3.63) is 47.7 Å². The van der Waals surface area contributed by atoms with Crippen LogP contribution in [0.3, 0.4) is 0 Å². The van der Waals surface area contributed by atoms with Crippen LogP contribution in [0.1, 0.15) is 0 Å². The Kier molecular flexibility index (Phi) is 3.44. The van der Waals surface area contributed by atoms with E-state index in [1.165, 1.54) is 0 Å². The Bertz CT molecular complexity index is 794. The molecule has 112 valence electrons. The van der Waals surface area contributed by atoms with Gasteiger partial charge in [0.2, 0.25) is 0 Å². The van der Waals surface area contributed by atoms with Gasteiger partial charge in [-0.3, -0.25) is 4.98 Å². The lowest BCUT2D eigenvalue weighted by molar-refractivity contribution is 0.122. The Balaban J connectivity index is 1.86. The predicted octanol–water partition coefficient (Wildman–Crippen LogP) is 2.91. The Labute approximate surface area is 133 Å². The minimum atomic E-state index is 0.715. The molecule has 1 aliphatic rings. The van der Waals surface area contributed by atoms with E-state index in [-0.39, 0.29) is 0 Å². The highest BCUT2D eigenvalue weighted by atomic mass is 35.5. The molecular formula is C16H15ClN4O. The predicted molar refractivity (Wildman–Crippen MR) is 86.9 cm³/mol. The summed E-state index contributed by atoms with van der Waals surface area (Å²) in [6.45, 7) is 3.19.